The summed E-state index contributed by atoms with van der Waals surface area (Å²) >= 11 is 1.78. The van der Waals surface area contributed by atoms with E-state index in [1.807, 2.05) is 6.20 Å². The maximum Gasteiger partial charge on any atom is 0.123 e. The van der Waals surface area contributed by atoms with E-state index in [2.05, 4.69) is 37.5 Å². The number of benzene rings is 1. The molecule has 4 rings (SSSR count). The van der Waals surface area contributed by atoms with E-state index in [1.54, 1.807) is 23.5 Å². The second kappa shape index (κ2) is 8.96. The van der Waals surface area contributed by atoms with E-state index >= 15 is 0 Å². The maximum atomic E-state index is 13.2. The van der Waals surface area contributed by atoms with Crippen LogP contribution in [-0.2, 0) is 13.1 Å². The SMILES string of the molecule is OCC[C@@H]1CN(Cc2cn[nH]c2-c2ccc(F)cc2)CCN1Cc1cccs1. The van der Waals surface area contributed by atoms with Crippen LogP contribution in [0.5, 0.6) is 0 Å². The summed E-state index contributed by atoms with van der Waals surface area (Å²) in [6.45, 7) is 4.81. The molecular weight excluding hydrogens is 375 g/mol. The van der Waals surface area contributed by atoms with Crippen molar-refractivity contribution in [1.82, 2.24) is 20.0 Å². The minimum absolute atomic E-state index is 0.200. The maximum absolute atomic E-state index is 13.2. The first-order valence-electron chi connectivity index (χ1n) is 9.61. The lowest BCUT2D eigenvalue weighted by atomic mass is 10.1. The highest BCUT2D eigenvalue weighted by Gasteiger charge is 2.27. The van der Waals surface area contributed by atoms with Crippen LogP contribution in [-0.4, -0.2) is 57.4 Å². The van der Waals surface area contributed by atoms with Gasteiger partial charge in [-0.3, -0.25) is 14.9 Å². The van der Waals surface area contributed by atoms with Crippen LogP contribution in [0.4, 0.5) is 4.39 Å². The van der Waals surface area contributed by atoms with Crippen molar-refractivity contribution in [2.45, 2.75) is 25.6 Å². The third kappa shape index (κ3) is 4.50. The van der Waals surface area contributed by atoms with E-state index in [-0.39, 0.29) is 12.4 Å². The summed E-state index contributed by atoms with van der Waals surface area (Å²) in [6.07, 6.45) is 2.63. The average molecular weight is 401 g/mol. The van der Waals surface area contributed by atoms with Gasteiger partial charge in [-0.25, -0.2) is 4.39 Å². The van der Waals surface area contributed by atoms with Gasteiger partial charge in [-0.1, -0.05) is 6.07 Å². The molecule has 0 saturated carbocycles. The Hall–Kier alpha value is -2.06. The molecule has 1 aliphatic rings. The van der Waals surface area contributed by atoms with E-state index in [4.69, 9.17) is 0 Å². The topological polar surface area (TPSA) is 55.4 Å². The van der Waals surface area contributed by atoms with Crippen molar-refractivity contribution >= 4 is 11.3 Å². The van der Waals surface area contributed by atoms with Crippen LogP contribution >= 0.6 is 11.3 Å². The Kier molecular flexibility index (Phi) is 6.17. The Bertz CT molecular complexity index is 865. The molecule has 1 aliphatic heterocycles. The Labute approximate surface area is 168 Å². The molecule has 5 nitrogen and oxygen atoms in total. The number of H-pyrrole nitrogens is 1. The van der Waals surface area contributed by atoms with Crippen LogP contribution in [0.1, 0.15) is 16.9 Å². The molecule has 1 aromatic carbocycles. The normalized spacial score (nSPS) is 18.6. The van der Waals surface area contributed by atoms with E-state index < -0.39 is 0 Å². The van der Waals surface area contributed by atoms with Gasteiger partial charge in [0.25, 0.3) is 0 Å². The first-order valence-corrected chi connectivity index (χ1v) is 10.5. The second-order valence-corrected chi connectivity index (χ2v) is 8.26. The third-order valence-electron chi connectivity index (χ3n) is 5.33. The fraction of sp³-hybridized carbons (Fsp3) is 0.381. The Balaban J connectivity index is 1.43. The Morgan fingerprint density at radius 3 is 2.79 bits per heavy atom. The molecule has 2 aromatic heterocycles. The van der Waals surface area contributed by atoms with Crippen molar-refractivity contribution in [2.75, 3.05) is 26.2 Å². The highest BCUT2D eigenvalue weighted by Crippen LogP contribution is 2.25. The van der Waals surface area contributed by atoms with E-state index in [0.717, 1.165) is 56.0 Å². The molecule has 1 atom stereocenters. The summed E-state index contributed by atoms with van der Waals surface area (Å²) in [5.74, 6) is -0.237. The minimum Gasteiger partial charge on any atom is -0.396 e. The molecule has 148 valence electrons. The van der Waals surface area contributed by atoms with Crippen LogP contribution in [0.25, 0.3) is 11.3 Å². The van der Waals surface area contributed by atoms with Gasteiger partial charge >= 0.3 is 0 Å². The number of hydrogen-bond acceptors (Lipinski definition) is 5. The first-order chi connectivity index (χ1) is 13.7. The van der Waals surface area contributed by atoms with Crippen molar-refractivity contribution < 1.29 is 9.50 Å². The number of thiophene rings is 1. The van der Waals surface area contributed by atoms with Crippen LogP contribution < -0.4 is 0 Å². The lowest BCUT2D eigenvalue weighted by molar-refractivity contribution is 0.0507. The highest BCUT2D eigenvalue weighted by molar-refractivity contribution is 7.09. The molecule has 2 N–H and O–H groups in total. The number of nitrogens with zero attached hydrogens (tertiary/aromatic N) is 3. The van der Waals surface area contributed by atoms with Gasteiger partial charge in [-0.15, -0.1) is 11.3 Å². The molecular formula is C21H25FN4OS. The molecule has 0 aliphatic carbocycles. The zero-order chi connectivity index (χ0) is 19.3. The smallest absolute Gasteiger partial charge is 0.123 e. The molecule has 3 heterocycles. The number of rotatable bonds is 7. The molecule has 1 saturated heterocycles. The minimum atomic E-state index is -0.237. The van der Waals surface area contributed by atoms with Gasteiger partial charge < -0.3 is 5.11 Å². The Morgan fingerprint density at radius 2 is 2.04 bits per heavy atom. The summed E-state index contributed by atoms with van der Waals surface area (Å²) in [7, 11) is 0. The van der Waals surface area contributed by atoms with Gasteiger partial charge in [0, 0.05) is 61.4 Å². The monoisotopic (exact) mass is 400 g/mol. The van der Waals surface area contributed by atoms with Gasteiger partial charge in [0.1, 0.15) is 5.82 Å². The van der Waals surface area contributed by atoms with Crippen LogP contribution in [0.15, 0.2) is 48.0 Å². The molecule has 28 heavy (non-hydrogen) atoms. The van der Waals surface area contributed by atoms with Crippen LogP contribution in [0, 0.1) is 5.82 Å². The van der Waals surface area contributed by atoms with Gasteiger partial charge in [-0.2, -0.15) is 5.10 Å². The Morgan fingerprint density at radius 1 is 1.18 bits per heavy atom. The number of aromatic nitrogens is 2. The van der Waals surface area contributed by atoms with Crippen molar-refractivity contribution in [3.05, 3.63) is 64.2 Å². The summed E-state index contributed by atoms with van der Waals surface area (Å²) in [5.41, 5.74) is 3.00. The summed E-state index contributed by atoms with van der Waals surface area (Å²) < 4.78 is 13.2. The second-order valence-electron chi connectivity index (χ2n) is 7.23. The lowest BCUT2D eigenvalue weighted by Crippen LogP contribution is -2.52. The molecule has 0 bridgehead atoms. The predicted octanol–water partition coefficient (Wildman–Crippen LogP) is 3.35. The van der Waals surface area contributed by atoms with Crippen LogP contribution in [0.2, 0.25) is 0 Å². The zero-order valence-electron chi connectivity index (χ0n) is 15.7. The van der Waals surface area contributed by atoms with Gasteiger partial charge in [0.15, 0.2) is 0 Å². The molecule has 7 heteroatoms. The van der Waals surface area contributed by atoms with Crippen molar-refractivity contribution in [2.24, 2.45) is 0 Å². The summed E-state index contributed by atoms with van der Waals surface area (Å²) in [6, 6.07) is 11.1. The average Bonchev–Trinajstić information content (AvgIpc) is 3.37. The first kappa shape index (κ1) is 19.3. The number of aromatic amines is 1. The fourth-order valence-electron chi connectivity index (χ4n) is 3.87. The largest absolute Gasteiger partial charge is 0.396 e. The van der Waals surface area contributed by atoms with Gasteiger partial charge in [-0.05, 0) is 42.1 Å². The van der Waals surface area contributed by atoms with Crippen molar-refractivity contribution in [1.29, 1.82) is 0 Å². The quantitative estimate of drug-likeness (QED) is 0.639. The predicted molar refractivity (Wildman–Crippen MR) is 109 cm³/mol. The van der Waals surface area contributed by atoms with Gasteiger partial charge in [0.2, 0.25) is 0 Å². The molecule has 0 spiro atoms. The molecule has 0 radical (unpaired) electrons. The zero-order valence-corrected chi connectivity index (χ0v) is 16.5. The molecule has 0 unspecified atom stereocenters. The van der Waals surface area contributed by atoms with Gasteiger partial charge in [0.05, 0.1) is 11.9 Å². The van der Waals surface area contributed by atoms with Crippen LogP contribution in [0.3, 0.4) is 0 Å². The molecule has 3 aromatic rings. The molecule has 1 fully saturated rings. The number of aliphatic hydroxyl groups excluding tert-OH is 1. The lowest BCUT2D eigenvalue weighted by Gasteiger charge is -2.41. The number of piperazine rings is 1. The summed E-state index contributed by atoms with van der Waals surface area (Å²) in [5, 5.41) is 18.9. The molecule has 0 amide bonds. The van der Waals surface area contributed by atoms with E-state index in [1.165, 1.54) is 17.0 Å². The number of hydrogen-bond donors (Lipinski definition) is 2. The van der Waals surface area contributed by atoms with E-state index in [0.29, 0.717) is 6.04 Å². The fourth-order valence-corrected chi connectivity index (χ4v) is 4.60. The van der Waals surface area contributed by atoms with Crippen molar-refractivity contribution in [3.8, 4) is 11.3 Å². The third-order valence-corrected chi connectivity index (χ3v) is 6.20. The van der Waals surface area contributed by atoms with Crippen molar-refractivity contribution in [3.63, 3.8) is 0 Å². The number of aliphatic hydroxyl groups is 1. The highest BCUT2D eigenvalue weighted by atomic mass is 32.1. The number of nitrogens with one attached hydrogen (secondary N) is 1. The van der Waals surface area contributed by atoms with E-state index in [9.17, 15) is 9.50 Å². The standard InChI is InChI=1S/C21H25FN4OS/c22-18-5-3-16(4-6-18)21-17(12-23-24-21)13-25-8-9-26(19(14-25)7-10-27)15-20-2-1-11-28-20/h1-6,11-12,19,27H,7-10,13-15H2,(H,23,24)/t19-/m1/s1. The number of halogens is 1. The summed E-state index contributed by atoms with van der Waals surface area (Å²) in [4.78, 5) is 6.27.